The van der Waals surface area contributed by atoms with Gasteiger partial charge in [0.05, 0.1) is 5.41 Å². The van der Waals surface area contributed by atoms with Gasteiger partial charge in [-0.15, -0.1) is 0 Å². The lowest BCUT2D eigenvalue weighted by molar-refractivity contribution is -0.153. The van der Waals surface area contributed by atoms with Crippen LogP contribution in [0.1, 0.15) is 54.3 Å². The molecule has 2 fully saturated rings. The van der Waals surface area contributed by atoms with Crippen LogP contribution in [0.3, 0.4) is 0 Å². The number of hydrogen-bond donors (Lipinski definition) is 1. The minimum absolute atomic E-state index is 0.196. The highest BCUT2D eigenvalue weighted by molar-refractivity contribution is 5.94. The molecule has 1 saturated heterocycles. The van der Waals surface area contributed by atoms with E-state index in [0.29, 0.717) is 49.8 Å². The summed E-state index contributed by atoms with van der Waals surface area (Å²) in [5.41, 5.74) is -0.589. The molecule has 0 unspecified atom stereocenters. The van der Waals surface area contributed by atoms with Crippen molar-refractivity contribution in [1.29, 1.82) is 0 Å². The molecule has 1 aliphatic heterocycles. The normalized spacial score (nSPS) is 24.7. The Labute approximate surface area is 134 Å². The Morgan fingerprint density at radius 2 is 2.30 bits per heavy atom. The van der Waals surface area contributed by atoms with E-state index in [2.05, 4.69) is 4.98 Å². The van der Waals surface area contributed by atoms with Gasteiger partial charge in [0.15, 0.2) is 12.1 Å². The number of carbonyl (C=O) groups is 2. The summed E-state index contributed by atoms with van der Waals surface area (Å²) in [4.78, 5) is 30.3. The lowest BCUT2D eigenvalue weighted by atomic mass is 9.77. The smallest absolute Gasteiger partial charge is 0.311 e. The van der Waals surface area contributed by atoms with Gasteiger partial charge in [-0.3, -0.25) is 9.59 Å². The first-order valence-corrected chi connectivity index (χ1v) is 8.02. The van der Waals surface area contributed by atoms with E-state index < -0.39 is 11.4 Å². The number of rotatable bonds is 6. The average molecular weight is 322 g/mol. The third kappa shape index (κ3) is 3.10. The van der Waals surface area contributed by atoms with Gasteiger partial charge < -0.3 is 19.2 Å². The highest BCUT2D eigenvalue weighted by atomic mass is 16.5. The van der Waals surface area contributed by atoms with E-state index in [9.17, 15) is 14.7 Å². The van der Waals surface area contributed by atoms with Gasteiger partial charge in [0, 0.05) is 32.7 Å². The van der Waals surface area contributed by atoms with Crippen LogP contribution in [0.4, 0.5) is 0 Å². The maximum atomic E-state index is 12.8. The van der Waals surface area contributed by atoms with Crippen molar-refractivity contribution in [2.24, 2.45) is 5.41 Å². The van der Waals surface area contributed by atoms with Crippen LogP contribution in [-0.2, 0) is 9.53 Å². The first-order chi connectivity index (χ1) is 11.1. The molecule has 7 heteroatoms. The van der Waals surface area contributed by atoms with Gasteiger partial charge in [-0.2, -0.15) is 0 Å². The van der Waals surface area contributed by atoms with E-state index in [1.807, 2.05) is 0 Å². The number of aliphatic carboxylic acids is 1. The Bertz CT molecular complexity index is 595. The molecule has 2 heterocycles. The highest BCUT2D eigenvalue weighted by Crippen LogP contribution is 2.42. The van der Waals surface area contributed by atoms with Crippen molar-refractivity contribution in [2.75, 3.05) is 26.8 Å². The number of hydrogen-bond acceptors (Lipinski definition) is 5. The molecule has 1 aliphatic carbocycles. The van der Waals surface area contributed by atoms with Crippen LogP contribution >= 0.6 is 0 Å². The van der Waals surface area contributed by atoms with Gasteiger partial charge in [-0.1, -0.05) is 0 Å². The Morgan fingerprint density at radius 3 is 2.96 bits per heavy atom. The second-order valence-corrected chi connectivity index (χ2v) is 6.50. The zero-order chi connectivity index (χ0) is 16.4. The van der Waals surface area contributed by atoms with Crippen molar-refractivity contribution >= 4 is 11.9 Å². The molecular weight excluding hydrogens is 300 g/mol. The summed E-state index contributed by atoms with van der Waals surface area (Å²) in [6, 6.07) is 0. The molecule has 2 aliphatic rings. The Hall–Kier alpha value is -1.89. The van der Waals surface area contributed by atoms with E-state index in [1.165, 1.54) is 6.39 Å². The number of aromatic nitrogens is 1. The molecule has 0 spiro atoms. The van der Waals surface area contributed by atoms with E-state index in [4.69, 9.17) is 9.15 Å². The second-order valence-electron chi connectivity index (χ2n) is 6.50. The van der Waals surface area contributed by atoms with Gasteiger partial charge in [-0.25, -0.2) is 4.98 Å². The van der Waals surface area contributed by atoms with E-state index >= 15 is 0 Å². The minimum atomic E-state index is -0.937. The predicted molar refractivity (Wildman–Crippen MR) is 80.2 cm³/mol. The summed E-state index contributed by atoms with van der Waals surface area (Å²) >= 11 is 0. The third-order valence-electron chi connectivity index (χ3n) is 4.85. The van der Waals surface area contributed by atoms with E-state index in [0.717, 1.165) is 12.8 Å². The van der Waals surface area contributed by atoms with Crippen molar-refractivity contribution in [3.05, 3.63) is 17.8 Å². The number of amides is 1. The number of methoxy groups -OCH3 is 1. The van der Waals surface area contributed by atoms with E-state index in [1.54, 1.807) is 12.0 Å². The molecule has 3 rings (SSSR count). The van der Waals surface area contributed by atoms with Crippen LogP contribution in [0.15, 0.2) is 10.8 Å². The quantitative estimate of drug-likeness (QED) is 0.860. The van der Waals surface area contributed by atoms with Crippen LogP contribution in [-0.4, -0.2) is 53.7 Å². The number of carboxylic acid groups (broad SMARTS) is 1. The molecule has 7 nitrogen and oxygen atoms in total. The summed E-state index contributed by atoms with van der Waals surface area (Å²) in [6.07, 6.45) is 4.96. The van der Waals surface area contributed by atoms with Crippen LogP contribution in [0.5, 0.6) is 0 Å². The molecule has 23 heavy (non-hydrogen) atoms. The number of ether oxygens (including phenoxy) is 1. The Morgan fingerprint density at radius 1 is 1.52 bits per heavy atom. The van der Waals surface area contributed by atoms with Gasteiger partial charge in [0.2, 0.25) is 0 Å². The maximum absolute atomic E-state index is 12.8. The third-order valence-corrected chi connectivity index (χ3v) is 4.85. The van der Waals surface area contributed by atoms with Gasteiger partial charge in [0.25, 0.3) is 5.91 Å². The lowest BCUT2D eigenvalue weighted by Gasteiger charge is -2.39. The SMILES string of the molecule is COCC[C@]1(C(=O)O)CCCN(C(=O)c2ncoc2C2CC2)C1. The minimum Gasteiger partial charge on any atom is -0.481 e. The van der Waals surface area contributed by atoms with Crippen LogP contribution in [0, 0.1) is 5.41 Å². The molecule has 0 aromatic carbocycles. The van der Waals surface area contributed by atoms with Crippen LogP contribution < -0.4 is 0 Å². The molecular formula is C16H22N2O5. The Kier molecular flexibility index (Phi) is 4.39. The van der Waals surface area contributed by atoms with Crippen molar-refractivity contribution in [3.8, 4) is 0 Å². The molecule has 0 radical (unpaired) electrons. The van der Waals surface area contributed by atoms with E-state index in [-0.39, 0.29) is 12.5 Å². The van der Waals surface area contributed by atoms with Crippen molar-refractivity contribution in [1.82, 2.24) is 9.88 Å². The molecule has 1 N–H and O–H groups in total. The summed E-state index contributed by atoms with van der Waals surface area (Å²) in [7, 11) is 1.55. The average Bonchev–Trinajstić information content (AvgIpc) is 3.29. The topological polar surface area (TPSA) is 92.9 Å². The number of nitrogens with zero attached hydrogens (tertiary/aromatic N) is 2. The Balaban J connectivity index is 1.77. The summed E-state index contributed by atoms with van der Waals surface area (Å²) in [6.45, 7) is 1.12. The molecule has 0 bridgehead atoms. The van der Waals surface area contributed by atoms with Crippen LogP contribution in [0.2, 0.25) is 0 Å². The molecule has 1 aromatic heterocycles. The first-order valence-electron chi connectivity index (χ1n) is 8.02. The predicted octanol–water partition coefficient (Wildman–Crippen LogP) is 1.90. The zero-order valence-corrected chi connectivity index (χ0v) is 13.3. The summed E-state index contributed by atoms with van der Waals surface area (Å²) in [5.74, 6) is -0.143. The molecule has 1 amide bonds. The summed E-state index contributed by atoms with van der Waals surface area (Å²) in [5, 5.41) is 9.67. The lowest BCUT2D eigenvalue weighted by Crippen LogP contribution is -2.50. The van der Waals surface area contributed by atoms with Crippen molar-refractivity contribution in [3.63, 3.8) is 0 Å². The molecule has 1 aromatic rings. The van der Waals surface area contributed by atoms with Crippen molar-refractivity contribution in [2.45, 2.75) is 38.0 Å². The second kappa shape index (κ2) is 6.31. The molecule has 1 atom stereocenters. The van der Waals surface area contributed by atoms with Crippen LogP contribution in [0.25, 0.3) is 0 Å². The molecule has 1 saturated carbocycles. The first kappa shape index (κ1) is 16.0. The number of likely N-dealkylation sites (tertiary alicyclic amines) is 1. The number of piperidine rings is 1. The van der Waals surface area contributed by atoms with Gasteiger partial charge >= 0.3 is 5.97 Å². The van der Waals surface area contributed by atoms with Gasteiger partial charge in [-0.05, 0) is 32.1 Å². The monoisotopic (exact) mass is 322 g/mol. The molecule has 126 valence electrons. The maximum Gasteiger partial charge on any atom is 0.311 e. The zero-order valence-electron chi connectivity index (χ0n) is 13.3. The fourth-order valence-corrected chi connectivity index (χ4v) is 3.29. The fourth-order valence-electron chi connectivity index (χ4n) is 3.29. The number of carboxylic acids is 1. The number of oxazole rings is 1. The van der Waals surface area contributed by atoms with Gasteiger partial charge in [0.1, 0.15) is 5.76 Å². The summed E-state index contributed by atoms with van der Waals surface area (Å²) < 4.78 is 10.4. The standard InChI is InChI=1S/C16H22N2O5/c1-22-8-6-16(15(20)21)5-2-7-18(9-16)14(19)12-13(11-3-4-11)23-10-17-12/h10-11H,2-9H2,1H3,(H,20,21)/t16-/m1/s1. The highest BCUT2D eigenvalue weighted by Gasteiger charge is 2.44. The van der Waals surface area contributed by atoms with Crippen molar-refractivity contribution < 1.29 is 23.8 Å². The number of carbonyl (C=O) groups excluding carboxylic acids is 1. The fraction of sp³-hybridized carbons (Fsp3) is 0.688. The largest absolute Gasteiger partial charge is 0.481 e.